The quantitative estimate of drug-likeness (QED) is 0.162. The van der Waals surface area contributed by atoms with Gasteiger partial charge in [-0.15, -0.1) is 0 Å². The topological polar surface area (TPSA) is 243 Å². The number of nitrogens with two attached hydrogens (primary N) is 1. The molecule has 3 aromatic rings. The van der Waals surface area contributed by atoms with Gasteiger partial charge in [0.05, 0.1) is 35.2 Å². The van der Waals surface area contributed by atoms with Crippen molar-refractivity contribution in [3.63, 3.8) is 0 Å². The first-order chi connectivity index (χ1) is 25.1. The van der Waals surface area contributed by atoms with Crippen LogP contribution in [0.1, 0.15) is 45.8 Å². The number of carbonyl (C=O) groups is 7. The van der Waals surface area contributed by atoms with Gasteiger partial charge in [0.1, 0.15) is 12.4 Å². The Morgan fingerprint density at radius 2 is 1.51 bits per heavy atom. The molecule has 0 saturated heterocycles. The number of imide groups is 1. The van der Waals surface area contributed by atoms with Gasteiger partial charge in [0.15, 0.2) is 34.7 Å². The molecule has 0 bridgehead atoms. The fourth-order valence-electron chi connectivity index (χ4n) is 8.97. The highest BCUT2D eigenvalue weighted by Gasteiger charge is 2.73. The number of phenols is 1. The molecule has 4 aliphatic carbocycles. The Bertz CT molecular complexity index is 2100. The van der Waals surface area contributed by atoms with E-state index >= 15 is 0 Å². The number of primary amides is 1. The molecule has 15 nitrogen and oxygen atoms in total. The van der Waals surface area contributed by atoms with Crippen molar-refractivity contribution in [3.05, 3.63) is 82.9 Å². The Labute approximate surface area is 302 Å². The van der Waals surface area contributed by atoms with E-state index in [-0.39, 0.29) is 23.8 Å². The second-order valence-electron chi connectivity index (χ2n) is 14.2. The van der Waals surface area contributed by atoms with E-state index in [0.717, 1.165) is 22.3 Å². The predicted octanol–water partition coefficient (Wildman–Crippen LogP) is 1.47. The number of benzene rings is 3. The van der Waals surface area contributed by atoms with E-state index in [9.17, 15) is 48.9 Å². The highest BCUT2D eigenvalue weighted by atomic mass is 16.5. The van der Waals surface area contributed by atoms with E-state index in [1.165, 1.54) is 31.1 Å². The SMILES string of the molecule is C[C@@H]1c2ccc(NC(=O)NC(=O)OCC3c4ccccc4-c4ccccc43)c(O)c2C(=O)C2C(=O)[C@@]3(O)C(=O)C(C(N)=O)C(=O)[C@H](N(C)C)[C@H]3[C@H](O)[C@H]21. The van der Waals surface area contributed by atoms with Crippen molar-refractivity contribution in [3.8, 4) is 16.9 Å². The first kappa shape index (κ1) is 35.6. The summed E-state index contributed by atoms with van der Waals surface area (Å²) >= 11 is 0. The zero-order chi connectivity index (χ0) is 38.3. The minimum absolute atomic E-state index is 0.0780. The highest BCUT2D eigenvalue weighted by Crippen LogP contribution is 2.55. The van der Waals surface area contributed by atoms with Crippen LogP contribution in [0.15, 0.2) is 60.7 Å². The fourth-order valence-corrected chi connectivity index (χ4v) is 8.97. The van der Waals surface area contributed by atoms with Gasteiger partial charge >= 0.3 is 12.1 Å². The minimum Gasteiger partial charge on any atom is -0.505 e. The molecule has 53 heavy (non-hydrogen) atoms. The molecule has 2 saturated carbocycles. The van der Waals surface area contributed by atoms with Gasteiger partial charge in [-0.05, 0) is 53.9 Å². The van der Waals surface area contributed by atoms with Crippen molar-refractivity contribution >= 4 is 46.9 Å². The zero-order valence-corrected chi connectivity index (χ0v) is 28.7. The number of phenolic OH excluding ortho intramolecular Hbond substituents is 1. The number of nitrogens with one attached hydrogen (secondary N) is 2. The van der Waals surface area contributed by atoms with Gasteiger partial charge in [-0.1, -0.05) is 61.5 Å². The summed E-state index contributed by atoms with van der Waals surface area (Å²) in [5.74, 6) is -15.4. The smallest absolute Gasteiger partial charge is 0.415 e. The van der Waals surface area contributed by atoms with Crippen LogP contribution in [0.5, 0.6) is 5.75 Å². The number of hydrogen-bond acceptors (Lipinski definition) is 12. The van der Waals surface area contributed by atoms with Gasteiger partial charge in [0.25, 0.3) is 0 Å². The van der Waals surface area contributed by atoms with Crippen molar-refractivity contribution in [2.24, 2.45) is 29.4 Å². The number of ether oxygens (including phenoxy) is 1. The van der Waals surface area contributed by atoms with Crippen LogP contribution < -0.4 is 16.4 Å². The molecule has 0 aromatic heterocycles. The molecular formula is C38H36N4O11. The summed E-state index contributed by atoms with van der Waals surface area (Å²) in [5, 5.41) is 39.2. The maximum absolute atomic E-state index is 14.2. The van der Waals surface area contributed by atoms with Gasteiger partial charge in [0.2, 0.25) is 5.91 Å². The largest absolute Gasteiger partial charge is 0.505 e. The van der Waals surface area contributed by atoms with Crippen LogP contribution in [-0.4, -0.2) is 99.8 Å². The van der Waals surface area contributed by atoms with Crippen LogP contribution in [0.25, 0.3) is 11.1 Å². The highest BCUT2D eigenvalue weighted by molar-refractivity contribution is 6.32. The Hall–Kier alpha value is -5.77. The summed E-state index contributed by atoms with van der Waals surface area (Å²) < 4.78 is 5.40. The van der Waals surface area contributed by atoms with Crippen LogP contribution >= 0.6 is 0 Å². The summed E-state index contributed by atoms with van der Waals surface area (Å²) in [6.45, 7) is 1.48. The molecule has 274 valence electrons. The first-order valence-corrected chi connectivity index (χ1v) is 16.9. The number of Topliss-reactive ketones (excluding diaryl/α,β-unsaturated/α-hetero) is 4. The van der Waals surface area contributed by atoms with Crippen LogP contribution in [0, 0.1) is 23.7 Å². The summed E-state index contributed by atoms with van der Waals surface area (Å²) in [4.78, 5) is 94.3. The first-order valence-electron chi connectivity index (χ1n) is 16.9. The summed E-state index contributed by atoms with van der Waals surface area (Å²) in [6, 6.07) is 15.4. The van der Waals surface area contributed by atoms with Gasteiger partial charge in [0, 0.05) is 11.8 Å². The standard InChI is InChI=1S/C38H36N4O11/c1-15-16-12-13-22(40-36(50)41-37(51)53-14-21-19-10-6-4-8-17(19)18-9-5-7-11-20(18)21)29(43)24(16)30(44)25-23(15)31(45)27-28(42(2)3)32(46)26(35(39)49)34(48)38(27,52)33(25)47/h4-13,15,21,23,25-28,31,43,45,52H,14H2,1-3H3,(H2,39,49)(H2,40,41,50,51)/t15-,23+,25?,26?,27+,28-,31-,38-/m1/s1. The monoisotopic (exact) mass is 724 g/mol. The molecule has 8 atom stereocenters. The number of alkyl carbamates (subject to hydrolysis) is 1. The maximum atomic E-state index is 14.2. The molecule has 3 aromatic carbocycles. The Morgan fingerprint density at radius 1 is 0.906 bits per heavy atom. The van der Waals surface area contributed by atoms with Crippen molar-refractivity contribution in [2.45, 2.75) is 36.5 Å². The number of rotatable bonds is 5. The Balaban J connectivity index is 1.12. The number of carbonyl (C=O) groups excluding carboxylic acids is 7. The lowest BCUT2D eigenvalue weighted by molar-refractivity contribution is -0.196. The number of aliphatic hydroxyl groups is 2. The van der Waals surface area contributed by atoms with Gasteiger partial charge in [-0.3, -0.25) is 28.9 Å². The minimum atomic E-state index is -3.15. The molecular weight excluding hydrogens is 688 g/mol. The molecule has 15 heteroatoms. The zero-order valence-electron chi connectivity index (χ0n) is 28.7. The molecule has 7 rings (SSSR count). The van der Waals surface area contributed by atoms with Crippen molar-refractivity contribution in [1.82, 2.24) is 10.2 Å². The number of aliphatic hydroxyl groups excluding tert-OH is 1. The Morgan fingerprint density at radius 3 is 2.09 bits per heavy atom. The van der Waals surface area contributed by atoms with Crippen LogP contribution in [0.2, 0.25) is 0 Å². The molecule has 0 aliphatic heterocycles. The number of nitrogens with zero attached hydrogens (tertiary/aromatic N) is 1. The Kier molecular flexibility index (Phi) is 8.55. The van der Waals surface area contributed by atoms with Crippen LogP contribution in [0.3, 0.4) is 0 Å². The number of urea groups is 1. The van der Waals surface area contributed by atoms with Crippen LogP contribution in [-0.2, 0) is 23.9 Å². The number of likely N-dealkylation sites (N-methyl/N-ethyl adjacent to an activating group) is 1. The number of aromatic hydroxyl groups is 1. The van der Waals surface area contributed by atoms with E-state index < -0.39 is 99.8 Å². The molecule has 0 heterocycles. The average Bonchev–Trinajstić information content (AvgIpc) is 3.43. The fraction of sp³-hybridized carbons (Fsp3) is 0.342. The van der Waals surface area contributed by atoms with Gasteiger partial charge < -0.3 is 31.1 Å². The normalized spacial score (nSPS) is 28.7. The molecule has 4 amide bonds. The molecule has 0 radical (unpaired) electrons. The number of hydrogen-bond donors (Lipinski definition) is 6. The van der Waals surface area contributed by atoms with E-state index in [1.807, 2.05) is 53.8 Å². The molecule has 2 fully saturated rings. The number of fused-ring (bicyclic) bond motifs is 6. The number of amides is 4. The maximum Gasteiger partial charge on any atom is 0.415 e. The average molecular weight is 725 g/mol. The van der Waals surface area contributed by atoms with E-state index in [0.29, 0.717) is 0 Å². The molecule has 4 aliphatic rings. The van der Waals surface area contributed by atoms with Crippen molar-refractivity contribution in [1.29, 1.82) is 0 Å². The van der Waals surface area contributed by atoms with E-state index in [2.05, 4.69) is 5.32 Å². The second-order valence-corrected chi connectivity index (χ2v) is 14.2. The van der Waals surface area contributed by atoms with Gasteiger partial charge in [-0.25, -0.2) is 14.9 Å². The summed E-state index contributed by atoms with van der Waals surface area (Å²) in [7, 11) is 2.81. The summed E-state index contributed by atoms with van der Waals surface area (Å²) in [5.41, 5.74) is 5.58. The summed E-state index contributed by atoms with van der Waals surface area (Å²) in [6.07, 6.45) is -2.87. The second kappa shape index (κ2) is 12.7. The molecule has 0 spiro atoms. The van der Waals surface area contributed by atoms with E-state index in [1.54, 1.807) is 6.92 Å². The lowest BCUT2D eigenvalue weighted by atomic mass is 9.49. The predicted molar refractivity (Wildman–Crippen MR) is 185 cm³/mol. The lowest BCUT2D eigenvalue weighted by Crippen LogP contribution is -2.77. The number of anilines is 1. The third-order valence-electron chi connectivity index (χ3n) is 11.3. The van der Waals surface area contributed by atoms with Crippen LogP contribution in [0.4, 0.5) is 15.3 Å². The molecule has 7 N–H and O–H groups in total. The third kappa shape index (κ3) is 5.17. The number of ketones is 4. The lowest BCUT2D eigenvalue weighted by Gasteiger charge is -2.56. The van der Waals surface area contributed by atoms with Crippen molar-refractivity contribution in [2.75, 3.05) is 26.0 Å². The van der Waals surface area contributed by atoms with E-state index in [4.69, 9.17) is 10.5 Å². The van der Waals surface area contributed by atoms with Gasteiger partial charge in [-0.2, -0.15) is 0 Å². The third-order valence-corrected chi connectivity index (χ3v) is 11.3. The molecule has 2 unspecified atom stereocenters. The van der Waals surface area contributed by atoms with Crippen molar-refractivity contribution < 1.29 is 53.6 Å².